The molecule has 3 heterocycles. The Morgan fingerprint density at radius 3 is 2.40 bits per heavy atom. The molecule has 1 atom stereocenters. The van der Waals surface area contributed by atoms with Crippen molar-refractivity contribution in [2.24, 2.45) is 5.92 Å². The summed E-state index contributed by atoms with van der Waals surface area (Å²) in [7, 11) is 0. The Labute approximate surface area is 198 Å². The Bertz CT molecular complexity index is 1270. The second-order valence-electron chi connectivity index (χ2n) is 9.06. The predicted octanol–water partition coefficient (Wildman–Crippen LogP) is 2.07. The van der Waals surface area contributed by atoms with Gasteiger partial charge in [-0.15, -0.1) is 0 Å². The molecule has 1 unspecified atom stereocenters. The van der Waals surface area contributed by atoms with Gasteiger partial charge in [-0.1, -0.05) is 12.1 Å². The van der Waals surface area contributed by atoms with Crippen molar-refractivity contribution < 1.29 is 32.8 Å². The number of nitrogens with zero attached hydrogens (tertiary/aromatic N) is 2. The van der Waals surface area contributed by atoms with Gasteiger partial charge < -0.3 is 4.90 Å². The largest absolute Gasteiger partial charge is 0.338 e. The van der Waals surface area contributed by atoms with E-state index < -0.39 is 47.2 Å². The summed E-state index contributed by atoms with van der Waals surface area (Å²) in [6.07, 6.45) is 1.26. The summed E-state index contributed by atoms with van der Waals surface area (Å²) in [5, 5.41) is 2.18. The zero-order valence-corrected chi connectivity index (χ0v) is 18.6. The third-order valence-electron chi connectivity index (χ3n) is 6.73. The van der Waals surface area contributed by atoms with Crippen LogP contribution in [0.4, 0.5) is 8.78 Å². The monoisotopic (exact) mass is 481 g/mol. The maximum Gasteiger partial charge on any atom is 0.262 e. The van der Waals surface area contributed by atoms with Crippen LogP contribution in [0.5, 0.6) is 0 Å². The normalized spacial score (nSPS) is 20.1. The molecule has 0 radical (unpaired) electrons. The lowest BCUT2D eigenvalue weighted by atomic mass is 9.90. The van der Waals surface area contributed by atoms with E-state index in [0.717, 1.165) is 17.0 Å². The molecule has 0 spiro atoms. The molecular formula is C25H21F2N3O5. The van der Waals surface area contributed by atoms with E-state index in [-0.39, 0.29) is 35.4 Å². The van der Waals surface area contributed by atoms with E-state index in [4.69, 9.17) is 0 Å². The second-order valence-corrected chi connectivity index (χ2v) is 9.06. The summed E-state index contributed by atoms with van der Waals surface area (Å²) in [4.78, 5) is 64.7. The van der Waals surface area contributed by atoms with Crippen molar-refractivity contribution >= 4 is 29.5 Å². The summed E-state index contributed by atoms with van der Waals surface area (Å²) in [5.74, 6) is -4.12. The van der Waals surface area contributed by atoms with Crippen LogP contribution in [-0.4, -0.2) is 58.5 Å². The number of fused-ring (bicyclic) bond motifs is 1. The minimum absolute atomic E-state index is 0.0421. The molecule has 3 aliphatic heterocycles. The lowest BCUT2D eigenvalue weighted by Gasteiger charge is -2.39. The van der Waals surface area contributed by atoms with Crippen LogP contribution in [0.3, 0.4) is 0 Å². The SMILES string of the molecule is O=C1CCC(N2C(=O)c3cccc(CCC4CN(C(=O)c5cc(F)cc(F)c5)C4)c3C2=O)C(=O)N1. The molecule has 2 aromatic rings. The first-order valence-electron chi connectivity index (χ1n) is 11.3. The van der Waals surface area contributed by atoms with E-state index in [1.807, 2.05) is 0 Å². The first-order valence-corrected chi connectivity index (χ1v) is 11.3. The van der Waals surface area contributed by atoms with Crippen molar-refractivity contribution in [2.45, 2.75) is 31.7 Å². The highest BCUT2D eigenvalue weighted by Gasteiger charge is 2.45. The molecule has 0 saturated carbocycles. The maximum absolute atomic E-state index is 13.4. The summed E-state index contributed by atoms with van der Waals surface area (Å²) in [6, 6.07) is 6.68. The van der Waals surface area contributed by atoms with E-state index in [0.29, 0.717) is 37.6 Å². The number of carbonyl (C=O) groups is 5. The van der Waals surface area contributed by atoms with Gasteiger partial charge >= 0.3 is 0 Å². The Morgan fingerprint density at radius 2 is 1.71 bits per heavy atom. The predicted molar refractivity (Wildman–Crippen MR) is 117 cm³/mol. The first-order chi connectivity index (χ1) is 16.7. The standard InChI is InChI=1S/C25H21F2N3O5/c26-16-8-15(9-17(27)10-16)23(33)29-11-13(12-29)4-5-14-2-1-3-18-21(14)25(35)30(24(18)34)19-6-7-20(31)28-22(19)32/h1-3,8-10,13,19H,4-7,11-12H2,(H,28,31,32). The molecule has 5 amide bonds. The third-order valence-corrected chi connectivity index (χ3v) is 6.73. The van der Waals surface area contributed by atoms with Gasteiger partial charge in [0, 0.05) is 31.1 Å². The number of nitrogens with one attached hydrogen (secondary N) is 1. The van der Waals surface area contributed by atoms with Crippen molar-refractivity contribution in [3.8, 4) is 0 Å². The number of piperidine rings is 1. The lowest BCUT2D eigenvalue weighted by Crippen LogP contribution is -2.54. The number of likely N-dealkylation sites (tertiary alicyclic amines) is 1. The molecule has 3 aliphatic rings. The zero-order valence-electron chi connectivity index (χ0n) is 18.6. The number of hydrogen-bond donors (Lipinski definition) is 1. The van der Waals surface area contributed by atoms with Gasteiger partial charge in [0.15, 0.2) is 0 Å². The molecule has 2 aromatic carbocycles. The van der Waals surface area contributed by atoms with Gasteiger partial charge in [-0.2, -0.15) is 0 Å². The smallest absolute Gasteiger partial charge is 0.262 e. The topological polar surface area (TPSA) is 104 Å². The average Bonchev–Trinajstić information content (AvgIpc) is 3.03. The number of rotatable bonds is 5. The van der Waals surface area contributed by atoms with E-state index in [1.165, 1.54) is 4.90 Å². The molecule has 10 heteroatoms. The number of halogens is 2. The van der Waals surface area contributed by atoms with E-state index >= 15 is 0 Å². The van der Waals surface area contributed by atoms with E-state index in [1.54, 1.807) is 18.2 Å². The van der Waals surface area contributed by atoms with Gasteiger partial charge in [0.25, 0.3) is 17.7 Å². The van der Waals surface area contributed by atoms with Crippen LogP contribution in [0.25, 0.3) is 0 Å². The molecule has 2 fully saturated rings. The van der Waals surface area contributed by atoms with Crippen LogP contribution in [0.1, 0.15) is 55.9 Å². The molecule has 0 aromatic heterocycles. The van der Waals surface area contributed by atoms with Crippen LogP contribution in [0.2, 0.25) is 0 Å². The maximum atomic E-state index is 13.4. The van der Waals surface area contributed by atoms with Crippen LogP contribution < -0.4 is 5.32 Å². The summed E-state index contributed by atoms with van der Waals surface area (Å²) < 4.78 is 26.8. The van der Waals surface area contributed by atoms with Gasteiger partial charge in [-0.25, -0.2) is 8.78 Å². The molecule has 5 rings (SSSR count). The molecule has 180 valence electrons. The molecule has 0 bridgehead atoms. The van der Waals surface area contributed by atoms with E-state index in [9.17, 15) is 32.8 Å². The Balaban J connectivity index is 1.24. The van der Waals surface area contributed by atoms with Crippen molar-refractivity contribution in [3.05, 3.63) is 70.3 Å². The number of imide groups is 2. The van der Waals surface area contributed by atoms with Crippen molar-refractivity contribution in [2.75, 3.05) is 13.1 Å². The number of hydrogen-bond acceptors (Lipinski definition) is 5. The van der Waals surface area contributed by atoms with Crippen LogP contribution >= 0.6 is 0 Å². The lowest BCUT2D eigenvalue weighted by molar-refractivity contribution is -0.136. The summed E-state index contributed by atoms with van der Waals surface area (Å²) >= 11 is 0. The number of aryl methyl sites for hydroxylation is 1. The fourth-order valence-electron chi connectivity index (χ4n) is 4.93. The number of benzene rings is 2. The quantitative estimate of drug-likeness (QED) is 0.659. The van der Waals surface area contributed by atoms with Crippen LogP contribution in [0, 0.1) is 17.6 Å². The molecule has 35 heavy (non-hydrogen) atoms. The zero-order chi connectivity index (χ0) is 24.9. The van der Waals surface area contributed by atoms with Crippen molar-refractivity contribution in [1.29, 1.82) is 0 Å². The molecule has 2 saturated heterocycles. The van der Waals surface area contributed by atoms with Crippen molar-refractivity contribution in [3.63, 3.8) is 0 Å². The molecule has 0 aliphatic carbocycles. The molecular weight excluding hydrogens is 460 g/mol. The highest BCUT2D eigenvalue weighted by molar-refractivity contribution is 6.24. The van der Waals surface area contributed by atoms with Gasteiger partial charge in [-0.3, -0.25) is 34.2 Å². The minimum Gasteiger partial charge on any atom is -0.338 e. The Morgan fingerprint density at radius 1 is 1.00 bits per heavy atom. The fraction of sp³-hybridized carbons (Fsp3) is 0.320. The minimum atomic E-state index is -1.02. The summed E-state index contributed by atoms with van der Waals surface area (Å²) in [5.41, 5.74) is 1.13. The van der Waals surface area contributed by atoms with Crippen molar-refractivity contribution in [1.82, 2.24) is 15.1 Å². The fourth-order valence-corrected chi connectivity index (χ4v) is 4.93. The highest BCUT2D eigenvalue weighted by atomic mass is 19.1. The highest BCUT2D eigenvalue weighted by Crippen LogP contribution is 2.32. The third kappa shape index (κ3) is 4.09. The van der Waals surface area contributed by atoms with Gasteiger partial charge in [0.1, 0.15) is 17.7 Å². The van der Waals surface area contributed by atoms with Gasteiger partial charge in [0.2, 0.25) is 11.8 Å². The van der Waals surface area contributed by atoms with Gasteiger partial charge in [0.05, 0.1) is 11.1 Å². The molecule has 1 N–H and O–H groups in total. The number of carbonyl (C=O) groups excluding carboxylic acids is 5. The van der Waals surface area contributed by atoms with E-state index in [2.05, 4.69) is 5.32 Å². The second kappa shape index (κ2) is 8.68. The van der Waals surface area contributed by atoms with Crippen LogP contribution in [0.15, 0.2) is 36.4 Å². The Hall–Kier alpha value is -3.95. The van der Waals surface area contributed by atoms with Gasteiger partial charge in [-0.05, 0) is 48.9 Å². The van der Waals surface area contributed by atoms with Crippen LogP contribution in [-0.2, 0) is 16.0 Å². The average molecular weight is 481 g/mol. The summed E-state index contributed by atoms with van der Waals surface area (Å²) in [6.45, 7) is 0.836. The number of amides is 5. The first kappa shape index (κ1) is 22.8. The molecule has 8 nitrogen and oxygen atoms in total. The Kier molecular flexibility index (Phi) is 5.66.